The number of pyridine rings is 1. The van der Waals surface area contributed by atoms with E-state index < -0.39 is 16.4 Å². The molecule has 0 saturated carbocycles. The molecule has 23 heavy (non-hydrogen) atoms. The van der Waals surface area contributed by atoms with Gasteiger partial charge >= 0.3 is 0 Å². The molecule has 0 fully saturated rings. The number of aromatic amines is 1. The summed E-state index contributed by atoms with van der Waals surface area (Å²) in [4.78, 5) is 36.7. The van der Waals surface area contributed by atoms with E-state index in [4.69, 9.17) is 0 Å². The van der Waals surface area contributed by atoms with Crippen molar-refractivity contribution in [2.45, 2.75) is 6.92 Å². The van der Waals surface area contributed by atoms with Crippen LogP contribution < -0.4 is 16.2 Å². The smallest absolute Gasteiger partial charge is 0.270 e. The largest absolute Gasteiger partial charge is 0.351 e. The van der Waals surface area contributed by atoms with Gasteiger partial charge in [0.2, 0.25) is 5.56 Å². The topological polar surface area (TPSA) is 117 Å². The molecule has 0 saturated heterocycles. The van der Waals surface area contributed by atoms with Gasteiger partial charge in [0.25, 0.3) is 11.6 Å². The van der Waals surface area contributed by atoms with Crippen LogP contribution in [0.25, 0.3) is 10.9 Å². The van der Waals surface area contributed by atoms with Gasteiger partial charge in [0, 0.05) is 42.2 Å². The molecule has 8 nitrogen and oxygen atoms in total. The van der Waals surface area contributed by atoms with E-state index in [1.807, 2.05) is 6.92 Å². The number of fused-ring (bicyclic) bond motifs is 1. The molecule has 0 spiro atoms. The number of nitro groups is 1. The molecule has 1 aromatic heterocycles. The average molecular weight is 341 g/mol. The Bertz CT molecular complexity index is 775. The Kier molecular flexibility index (Phi) is 6.67. The average Bonchev–Trinajstić information content (AvgIpc) is 2.50. The molecule has 2 aromatic rings. The number of benzene rings is 1. The minimum atomic E-state index is -0.544. The molecule has 0 aliphatic rings. The number of likely N-dealkylation sites (N-methyl/N-ethyl adjacent to an activating group) is 1. The van der Waals surface area contributed by atoms with E-state index in [-0.39, 0.29) is 23.7 Å². The number of amides is 1. The molecule has 0 aliphatic heterocycles. The number of non-ortho nitro benzene ring substituents is 1. The normalized spacial score (nSPS) is 10.1. The molecule has 0 unspecified atom stereocenters. The molecular formula is C14H17ClN4O4. The van der Waals surface area contributed by atoms with Crippen LogP contribution in [0.1, 0.15) is 17.3 Å². The number of nitro benzene ring substituents is 1. The first kappa shape index (κ1) is 18.6. The molecule has 3 N–H and O–H groups in total. The number of H-pyrrole nitrogens is 1. The van der Waals surface area contributed by atoms with Crippen molar-refractivity contribution in [2.24, 2.45) is 0 Å². The maximum Gasteiger partial charge on any atom is 0.270 e. The zero-order valence-electron chi connectivity index (χ0n) is 12.4. The predicted molar refractivity (Wildman–Crippen MR) is 89.3 cm³/mol. The van der Waals surface area contributed by atoms with E-state index >= 15 is 0 Å². The Morgan fingerprint density at radius 1 is 1.30 bits per heavy atom. The molecule has 1 amide bonds. The highest BCUT2D eigenvalue weighted by atomic mass is 35.5. The lowest BCUT2D eigenvalue weighted by Crippen LogP contribution is -2.32. The highest BCUT2D eigenvalue weighted by Gasteiger charge is 2.15. The quantitative estimate of drug-likeness (QED) is 0.415. The van der Waals surface area contributed by atoms with Gasteiger partial charge in [0.1, 0.15) is 0 Å². The van der Waals surface area contributed by atoms with Crippen LogP contribution in [0.3, 0.4) is 0 Å². The van der Waals surface area contributed by atoms with Crippen LogP contribution in [0.4, 0.5) is 5.69 Å². The second-order valence-electron chi connectivity index (χ2n) is 4.64. The molecule has 0 aliphatic carbocycles. The fourth-order valence-corrected chi connectivity index (χ4v) is 2.08. The third-order valence-electron chi connectivity index (χ3n) is 3.12. The number of halogens is 1. The van der Waals surface area contributed by atoms with Crippen LogP contribution in [0, 0.1) is 10.1 Å². The van der Waals surface area contributed by atoms with Crippen molar-refractivity contribution in [2.75, 3.05) is 19.6 Å². The molecule has 0 atom stereocenters. The first-order valence-electron chi connectivity index (χ1n) is 6.83. The SMILES string of the molecule is CCNCCNC(=O)c1cc(=O)[nH]c2ccc([N+](=O)[O-])cc12.Cl. The second kappa shape index (κ2) is 8.25. The van der Waals surface area contributed by atoms with Gasteiger partial charge in [-0.1, -0.05) is 6.92 Å². The lowest BCUT2D eigenvalue weighted by molar-refractivity contribution is -0.384. The standard InChI is InChI=1S/C14H16N4O4.ClH/c1-2-15-5-6-16-14(20)11-8-13(19)17-12-4-3-9(18(21)22)7-10(11)12;/h3-4,7-8,15H,2,5-6H2,1H3,(H,16,20)(H,17,19);1H. The van der Waals surface area contributed by atoms with E-state index in [0.717, 1.165) is 12.6 Å². The first-order chi connectivity index (χ1) is 10.5. The molecule has 1 aromatic carbocycles. The van der Waals surface area contributed by atoms with Gasteiger partial charge in [0.15, 0.2) is 0 Å². The van der Waals surface area contributed by atoms with Crippen molar-refractivity contribution in [1.29, 1.82) is 0 Å². The number of nitrogens with one attached hydrogen (secondary N) is 3. The van der Waals surface area contributed by atoms with Gasteiger partial charge in [0.05, 0.1) is 10.5 Å². The molecule has 9 heteroatoms. The summed E-state index contributed by atoms with van der Waals surface area (Å²) in [5.41, 5.74) is -0.0617. The molecule has 0 radical (unpaired) electrons. The number of carbonyl (C=O) groups is 1. The van der Waals surface area contributed by atoms with Crippen LogP contribution in [-0.4, -0.2) is 35.4 Å². The number of rotatable bonds is 6. The minimum Gasteiger partial charge on any atom is -0.351 e. The molecular weight excluding hydrogens is 324 g/mol. The van der Waals surface area contributed by atoms with Crippen molar-refractivity contribution in [3.05, 3.63) is 50.3 Å². The van der Waals surface area contributed by atoms with Crippen LogP contribution in [0.15, 0.2) is 29.1 Å². The lowest BCUT2D eigenvalue weighted by Gasteiger charge is -2.08. The number of nitrogens with zero attached hydrogens (tertiary/aromatic N) is 1. The molecule has 0 bridgehead atoms. The Balaban J connectivity index is 0.00000264. The van der Waals surface area contributed by atoms with Crippen LogP contribution in [-0.2, 0) is 0 Å². The highest BCUT2D eigenvalue weighted by molar-refractivity contribution is 6.06. The van der Waals surface area contributed by atoms with Gasteiger partial charge in [-0.25, -0.2) is 0 Å². The van der Waals surface area contributed by atoms with Crippen molar-refractivity contribution in [3.63, 3.8) is 0 Å². The van der Waals surface area contributed by atoms with E-state index in [9.17, 15) is 19.7 Å². The highest BCUT2D eigenvalue weighted by Crippen LogP contribution is 2.21. The maximum absolute atomic E-state index is 12.2. The fraction of sp³-hybridized carbons (Fsp3) is 0.286. The number of aromatic nitrogens is 1. The monoisotopic (exact) mass is 340 g/mol. The molecule has 124 valence electrons. The minimum absolute atomic E-state index is 0. The van der Waals surface area contributed by atoms with E-state index in [2.05, 4.69) is 15.6 Å². The third kappa shape index (κ3) is 4.51. The van der Waals surface area contributed by atoms with Crippen molar-refractivity contribution in [3.8, 4) is 0 Å². The summed E-state index contributed by atoms with van der Waals surface area (Å²) >= 11 is 0. The summed E-state index contributed by atoms with van der Waals surface area (Å²) in [5, 5.41) is 16.9. The summed E-state index contributed by atoms with van der Waals surface area (Å²) in [7, 11) is 0. The first-order valence-corrected chi connectivity index (χ1v) is 6.83. The van der Waals surface area contributed by atoms with Gasteiger partial charge in [-0.3, -0.25) is 19.7 Å². The Morgan fingerprint density at radius 3 is 2.70 bits per heavy atom. The molecule has 2 rings (SSSR count). The van der Waals surface area contributed by atoms with Crippen LogP contribution in [0.5, 0.6) is 0 Å². The number of hydrogen-bond acceptors (Lipinski definition) is 5. The van der Waals surface area contributed by atoms with Crippen LogP contribution >= 0.6 is 12.4 Å². The summed E-state index contributed by atoms with van der Waals surface area (Å²) in [6, 6.07) is 5.13. The zero-order chi connectivity index (χ0) is 16.1. The number of hydrogen-bond donors (Lipinski definition) is 3. The predicted octanol–water partition coefficient (Wildman–Crippen LogP) is 1.20. The van der Waals surface area contributed by atoms with Gasteiger partial charge < -0.3 is 15.6 Å². The second-order valence-corrected chi connectivity index (χ2v) is 4.64. The van der Waals surface area contributed by atoms with E-state index in [1.165, 1.54) is 18.2 Å². The maximum atomic E-state index is 12.2. The van der Waals surface area contributed by atoms with Gasteiger partial charge in [-0.05, 0) is 12.6 Å². The van der Waals surface area contributed by atoms with Crippen molar-refractivity contribution in [1.82, 2.24) is 15.6 Å². The van der Waals surface area contributed by atoms with Crippen molar-refractivity contribution < 1.29 is 9.72 Å². The Labute approximate surface area is 137 Å². The summed E-state index contributed by atoms with van der Waals surface area (Å²) in [5.74, 6) is -0.436. The van der Waals surface area contributed by atoms with Gasteiger partial charge in [-0.2, -0.15) is 0 Å². The zero-order valence-corrected chi connectivity index (χ0v) is 13.2. The Hall–Kier alpha value is -2.45. The van der Waals surface area contributed by atoms with E-state index in [1.54, 1.807) is 0 Å². The van der Waals surface area contributed by atoms with Gasteiger partial charge in [-0.15, -0.1) is 12.4 Å². The number of carbonyl (C=O) groups excluding carboxylic acids is 1. The summed E-state index contributed by atoms with van der Waals surface area (Å²) in [6.07, 6.45) is 0. The van der Waals surface area contributed by atoms with E-state index in [0.29, 0.717) is 24.0 Å². The third-order valence-corrected chi connectivity index (χ3v) is 3.12. The Morgan fingerprint density at radius 2 is 2.04 bits per heavy atom. The van der Waals surface area contributed by atoms with Crippen LogP contribution in [0.2, 0.25) is 0 Å². The summed E-state index contributed by atoms with van der Waals surface area (Å²) in [6.45, 7) is 3.74. The lowest BCUT2D eigenvalue weighted by atomic mass is 10.1. The fourth-order valence-electron chi connectivity index (χ4n) is 2.08. The van der Waals surface area contributed by atoms with Crippen molar-refractivity contribution >= 4 is 34.9 Å². The molecule has 1 heterocycles. The summed E-state index contributed by atoms with van der Waals surface area (Å²) < 4.78 is 0.